The van der Waals surface area contributed by atoms with E-state index in [2.05, 4.69) is 20.9 Å². The third kappa shape index (κ3) is 3.47. The normalized spacial score (nSPS) is 14.4. The van der Waals surface area contributed by atoms with Crippen LogP contribution in [0.25, 0.3) is 10.8 Å². The van der Waals surface area contributed by atoms with Gasteiger partial charge in [-0.25, -0.2) is 13.2 Å². The summed E-state index contributed by atoms with van der Waals surface area (Å²) in [7, 11) is 0. The van der Waals surface area contributed by atoms with Crippen molar-refractivity contribution in [2.24, 2.45) is 5.73 Å². The fraction of sp³-hybridized carbons (Fsp3) is 0.357. The summed E-state index contributed by atoms with van der Waals surface area (Å²) in [6, 6.07) is 1.76. The number of aromatic amines is 1. The predicted octanol–water partition coefficient (Wildman–Crippen LogP) is 3.19. The van der Waals surface area contributed by atoms with E-state index in [0.29, 0.717) is 0 Å². The lowest BCUT2D eigenvalue weighted by Gasteiger charge is -2.12. The third-order valence-electron chi connectivity index (χ3n) is 3.12. The average molecular weight is 363 g/mol. The van der Waals surface area contributed by atoms with Crippen molar-refractivity contribution in [2.45, 2.75) is 32.0 Å². The first-order valence-corrected chi connectivity index (χ1v) is 7.18. The van der Waals surface area contributed by atoms with Gasteiger partial charge in [0.25, 0.3) is 5.56 Å². The van der Waals surface area contributed by atoms with Crippen molar-refractivity contribution in [3.05, 3.63) is 44.3 Å². The summed E-state index contributed by atoms with van der Waals surface area (Å²) >= 11 is 2.94. The predicted molar refractivity (Wildman–Crippen MR) is 79.1 cm³/mol. The Bertz CT molecular complexity index is 730. The first-order chi connectivity index (χ1) is 9.79. The minimum Gasteiger partial charge on any atom is -0.328 e. The molecule has 0 fully saturated rings. The van der Waals surface area contributed by atoms with Gasteiger partial charge in [-0.2, -0.15) is 0 Å². The van der Waals surface area contributed by atoms with Crippen LogP contribution in [0.15, 0.2) is 21.4 Å². The Labute approximate surface area is 127 Å². The number of rotatable bonds is 4. The second kappa shape index (κ2) is 6.19. The van der Waals surface area contributed by atoms with Crippen LogP contribution < -0.4 is 11.3 Å². The summed E-state index contributed by atoms with van der Waals surface area (Å²) in [6.07, 6.45) is -1.59. The van der Waals surface area contributed by atoms with Crippen LogP contribution in [-0.2, 0) is 6.42 Å². The first-order valence-electron chi connectivity index (χ1n) is 6.38. The van der Waals surface area contributed by atoms with Gasteiger partial charge in [0.15, 0.2) is 5.82 Å². The van der Waals surface area contributed by atoms with Gasteiger partial charge < -0.3 is 10.7 Å². The molecule has 1 aromatic carbocycles. The van der Waals surface area contributed by atoms with Crippen molar-refractivity contribution in [1.29, 1.82) is 0 Å². The Morgan fingerprint density at radius 1 is 1.33 bits per heavy atom. The quantitative estimate of drug-likeness (QED) is 0.877. The smallest absolute Gasteiger partial charge is 0.256 e. The van der Waals surface area contributed by atoms with Gasteiger partial charge in [0.05, 0.1) is 15.6 Å². The van der Waals surface area contributed by atoms with E-state index in [1.165, 1.54) is 6.07 Å². The van der Waals surface area contributed by atoms with E-state index in [1.807, 2.05) is 0 Å². The van der Waals surface area contributed by atoms with Gasteiger partial charge in [0, 0.05) is 17.8 Å². The van der Waals surface area contributed by atoms with Gasteiger partial charge in [-0.05, 0) is 41.4 Å². The van der Waals surface area contributed by atoms with Crippen molar-refractivity contribution in [2.75, 3.05) is 0 Å². The van der Waals surface area contributed by atoms with E-state index >= 15 is 0 Å². The number of nitrogens with one attached hydrogen (secondary N) is 1. The Hall–Kier alpha value is -1.34. The molecule has 1 aromatic heterocycles. The highest BCUT2D eigenvalue weighted by atomic mass is 79.9. The molecule has 3 nitrogen and oxygen atoms in total. The molecule has 0 amide bonds. The van der Waals surface area contributed by atoms with Crippen LogP contribution in [0.2, 0.25) is 0 Å². The van der Waals surface area contributed by atoms with Gasteiger partial charge in [-0.1, -0.05) is 0 Å². The molecule has 2 unspecified atom stereocenters. The number of alkyl halides is 1. The van der Waals surface area contributed by atoms with Crippen LogP contribution in [0.5, 0.6) is 0 Å². The maximum Gasteiger partial charge on any atom is 0.256 e. The molecule has 0 radical (unpaired) electrons. The molecule has 0 bridgehead atoms. The summed E-state index contributed by atoms with van der Waals surface area (Å²) < 4.78 is 41.6. The zero-order chi connectivity index (χ0) is 15.7. The molecule has 0 saturated heterocycles. The molecule has 2 atom stereocenters. The lowest BCUT2D eigenvalue weighted by atomic mass is 10.0. The Balaban J connectivity index is 2.50. The number of benzene rings is 1. The van der Waals surface area contributed by atoms with E-state index in [0.717, 1.165) is 6.07 Å². The van der Waals surface area contributed by atoms with Crippen molar-refractivity contribution >= 4 is 26.7 Å². The summed E-state index contributed by atoms with van der Waals surface area (Å²) in [5.41, 5.74) is 4.70. The summed E-state index contributed by atoms with van der Waals surface area (Å²) in [5, 5.41) is -0.158. The third-order valence-corrected chi connectivity index (χ3v) is 3.73. The number of nitrogens with two attached hydrogens (primary N) is 1. The lowest BCUT2D eigenvalue weighted by molar-refractivity contribution is 0.293. The van der Waals surface area contributed by atoms with Crippen LogP contribution in [0.3, 0.4) is 0 Å². The standard InChI is InChI=1S/C14H14BrF3N2O/c1-6(19)2-7(16)3-12-13(18)8-4-10(15)11(17)5-9(8)14(21)20-12/h4-7H,2-3,19H2,1H3,(H,20,21). The number of hydrogen-bond donors (Lipinski definition) is 2. The molecule has 0 spiro atoms. The topological polar surface area (TPSA) is 58.9 Å². The van der Waals surface area contributed by atoms with E-state index < -0.39 is 23.4 Å². The number of aromatic nitrogens is 1. The first kappa shape index (κ1) is 16.0. The highest BCUT2D eigenvalue weighted by Crippen LogP contribution is 2.25. The van der Waals surface area contributed by atoms with Crippen LogP contribution in [0.1, 0.15) is 19.0 Å². The molecular formula is C14H14BrF3N2O. The molecule has 0 saturated carbocycles. The monoisotopic (exact) mass is 362 g/mol. The fourth-order valence-electron chi connectivity index (χ4n) is 2.19. The number of hydrogen-bond acceptors (Lipinski definition) is 2. The Morgan fingerprint density at radius 3 is 2.62 bits per heavy atom. The summed E-state index contributed by atoms with van der Waals surface area (Å²) in [6.45, 7) is 1.64. The SMILES string of the molecule is CC(N)CC(F)Cc1[nH]c(=O)c2cc(F)c(Br)cc2c1F. The molecule has 2 rings (SSSR count). The van der Waals surface area contributed by atoms with E-state index in [-0.39, 0.29) is 39.8 Å². The molecule has 0 aliphatic heterocycles. The number of H-pyrrole nitrogens is 1. The average Bonchev–Trinajstić information content (AvgIpc) is 2.37. The Morgan fingerprint density at radius 2 is 2.00 bits per heavy atom. The van der Waals surface area contributed by atoms with Crippen LogP contribution >= 0.6 is 15.9 Å². The second-order valence-electron chi connectivity index (χ2n) is 5.07. The maximum absolute atomic E-state index is 14.3. The summed E-state index contributed by atoms with van der Waals surface area (Å²) in [4.78, 5) is 14.1. The van der Waals surface area contributed by atoms with E-state index in [1.54, 1.807) is 6.92 Å². The lowest BCUT2D eigenvalue weighted by Crippen LogP contribution is -2.23. The van der Waals surface area contributed by atoms with Crippen molar-refractivity contribution < 1.29 is 13.2 Å². The Kier molecular flexibility index (Phi) is 4.73. The van der Waals surface area contributed by atoms with Crippen molar-refractivity contribution in [1.82, 2.24) is 4.98 Å². The van der Waals surface area contributed by atoms with Crippen molar-refractivity contribution in [3.63, 3.8) is 0 Å². The van der Waals surface area contributed by atoms with Gasteiger partial charge in [0.2, 0.25) is 0 Å². The van der Waals surface area contributed by atoms with Crippen LogP contribution in [-0.4, -0.2) is 17.2 Å². The molecule has 2 aromatic rings. The minimum atomic E-state index is -1.36. The van der Waals surface area contributed by atoms with Gasteiger partial charge >= 0.3 is 0 Å². The molecule has 114 valence electrons. The number of fused-ring (bicyclic) bond motifs is 1. The molecule has 0 aliphatic carbocycles. The molecule has 7 heteroatoms. The molecule has 1 heterocycles. The maximum atomic E-state index is 14.3. The second-order valence-corrected chi connectivity index (χ2v) is 5.93. The van der Waals surface area contributed by atoms with Gasteiger partial charge in [0.1, 0.15) is 12.0 Å². The van der Waals surface area contributed by atoms with Crippen LogP contribution in [0, 0.1) is 11.6 Å². The van der Waals surface area contributed by atoms with Crippen LogP contribution in [0.4, 0.5) is 13.2 Å². The van der Waals surface area contributed by atoms with E-state index in [9.17, 15) is 18.0 Å². The van der Waals surface area contributed by atoms with Gasteiger partial charge in [-0.15, -0.1) is 0 Å². The molecule has 0 aliphatic rings. The highest BCUT2D eigenvalue weighted by molar-refractivity contribution is 9.10. The van der Waals surface area contributed by atoms with Gasteiger partial charge in [-0.3, -0.25) is 4.79 Å². The fourth-order valence-corrected chi connectivity index (χ4v) is 2.53. The minimum absolute atomic E-state index is 0.0397. The number of pyridine rings is 1. The summed E-state index contributed by atoms with van der Waals surface area (Å²) in [5.74, 6) is -1.42. The van der Waals surface area contributed by atoms with Crippen molar-refractivity contribution in [3.8, 4) is 0 Å². The van der Waals surface area contributed by atoms with E-state index in [4.69, 9.17) is 5.73 Å². The zero-order valence-electron chi connectivity index (χ0n) is 11.2. The number of halogens is 4. The molecule has 3 N–H and O–H groups in total. The highest BCUT2D eigenvalue weighted by Gasteiger charge is 2.18. The largest absolute Gasteiger partial charge is 0.328 e. The molecule has 21 heavy (non-hydrogen) atoms. The zero-order valence-corrected chi connectivity index (χ0v) is 12.8. The molecular weight excluding hydrogens is 349 g/mol.